The number of aryl methyl sites for hydroxylation is 1. The molecular formula is C16H16BrFN2O3. The highest BCUT2D eigenvalue weighted by Gasteiger charge is 2.10. The number of nitrogens with zero attached hydrogens (tertiary/aromatic N) is 1. The molecule has 1 amide bonds. The van der Waals surface area contributed by atoms with E-state index in [0.29, 0.717) is 28.2 Å². The van der Waals surface area contributed by atoms with E-state index in [9.17, 15) is 9.18 Å². The molecule has 2 rings (SSSR count). The summed E-state index contributed by atoms with van der Waals surface area (Å²) in [4.78, 5) is 15.8. The molecule has 1 aromatic heterocycles. The van der Waals surface area contributed by atoms with Gasteiger partial charge in [-0.3, -0.25) is 4.79 Å². The number of methoxy groups -OCH3 is 2. The van der Waals surface area contributed by atoms with Gasteiger partial charge in [0.05, 0.1) is 24.9 Å². The third-order valence-corrected chi connectivity index (χ3v) is 3.76. The topological polar surface area (TPSA) is 60.5 Å². The number of hydrogen-bond donors (Lipinski definition) is 1. The predicted molar refractivity (Wildman–Crippen MR) is 88.4 cm³/mol. The number of anilines is 1. The van der Waals surface area contributed by atoms with Crippen LogP contribution in [0.5, 0.6) is 11.5 Å². The van der Waals surface area contributed by atoms with Crippen molar-refractivity contribution in [2.45, 2.75) is 12.8 Å². The minimum absolute atomic E-state index is 0.209. The van der Waals surface area contributed by atoms with Crippen LogP contribution >= 0.6 is 15.9 Å². The van der Waals surface area contributed by atoms with Crippen LogP contribution in [0, 0.1) is 5.82 Å². The van der Waals surface area contributed by atoms with Crippen molar-refractivity contribution in [1.82, 2.24) is 4.98 Å². The average molecular weight is 383 g/mol. The maximum atomic E-state index is 13.0. The quantitative estimate of drug-likeness (QED) is 0.829. The molecule has 0 aliphatic heterocycles. The first-order chi connectivity index (χ1) is 11.0. The van der Waals surface area contributed by atoms with Crippen molar-refractivity contribution < 1.29 is 18.7 Å². The van der Waals surface area contributed by atoms with Crippen LogP contribution < -0.4 is 14.8 Å². The molecule has 0 saturated heterocycles. The summed E-state index contributed by atoms with van der Waals surface area (Å²) in [6.07, 6.45) is 1.85. The van der Waals surface area contributed by atoms with Gasteiger partial charge in [-0.1, -0.05) is 6.07 Å². The molecule has 0 atom stereocenters. The average Bonchev–Trinajstić information content (AvgIpc) is 2.55. The standard InChI is InChI=1S/C16H16BrFN2O3/c1-22-13-5-3-10(7-14(13)23-2)4-6-15(21)20-16-12(17)8-11(18)9-19-16/h3,5,7-9H,4,6H2,1-2H3,(H,19,20,21). The Hall–Kier alpha value is -2.15. The number of aromatic nitrogens is 1. The molecule has 0 saturated carbocycles. The molecule has 7 heteroatoms. The van der Waals surface area contributed by atoms with Gasteiger partial charge in [-0.2, -0.15) is 0 Å². The van der Waals surface area contributed by atoms with Crippen LogP contribution in [0.4, 0.5) is 10.2 Å². The third-order valence-electron chi connectivity index (χ3n) is 3.15. The van der Waals surface area contributed by atoms with Crippen LogP contribution in [-0.4, -0.2) is 25.1 Å². The molecule has 0 unspecified atom stereocenters. The van der Waals surface area contributed by atoms with Gasteiger partial charge in [0.15, 0.2) is 11.5 Å². The zero-order valence-electron chi connectivity index (χ0n) is 12.7. The van der Waals surface area contributed by atoms with E-state index in [1.54, 1.807) is 20.3 Å². The Morgan fingerprint density at radius 2 is 2.00 bits per heavy atom. The number of nitrogens with one attached hydrogen (secondary N) is 1. The Morgan fingerprint density at radius 1 is 1.26 bits per heavy atom. The van der Waals surface area contributed by atoms with Crippen molar-refractivity contribution in [1.29, 1.82) is 0 Å². The molecule has 122 valence electrons. The minimum atomic E-state index is -0.472. The highest BCUT2D eigenvalue weighted by atomic mass is 79.9. The zero-order valence-corrected chi connectivity index (χ0v) is 14.3. The monoisotopic (exact) mass is 382 g/mol. The fraction of sp³-hybridized carbons (Fsp3) is 0.250. The van der Waals surface area contributed by atoms with E-state index in [0.717, 1.165) is 11.8 Å². The number of rotatable bonds is 6. The molecule has 0 aliphatic rings. The zero-order chi connectivity index (χ0) is 16.8. The summed E-state index contributed by atoms with van der Waals surface area (Å²) in [6, 6.07) is 6.75. The highest BCUT2D eigenvalue weighted by molar-refractivity contribution is 9.10. The van der Waals surface area contributed by atoms with E-state index < -0.39 is 5.82 Å². The molecule has 1 aromatic carbocycles. The molecule has 1 N–H and O–H groups in total. The summed E-state index contributed by atoms with van der Waals surface area (Å²) in [7, 11) is 3.13. The number of pyridine rings is 1. The van der Waals surface area contributed by atoms with Gasteiger partial charge in [-0.25, -0.2) is 9.37 Å². The molecule has 2 aromatic rings. The van der Waals surface area contributed by atoms with E-state index in [1.807, 2.05) is 12.1 Å². The van der Waals surface area contributed by atoms with E-state index in [2.05, 4.69) is 26.2 Å². The van der Waals surface area contributed by atoms with E-state index >= 15 is 0 Å². The molecule has 0 aliphatic carbocycles. The number of halogens is 2. The lowest BCUT2D eigenvalue weighted by Crippen LogP contribution is -2.14. The van der Waals surface area contributed by atoms with E-state index in [1.165, 1.54) is 6.07 Å². The van der Waals surface area contributed by atoms with Crippen LogP contribution in [0.25, 0.3) is 0 Å². The second kappa shape index (κ2) is 7.92. The highest BCUT2D eigenvalue weighted by Crippen LogP contribution is 2.28. The number of carbonyl (C=O) groups is 1. The van der Waals surface area contributed by atoms with Crippen LogP contribution in [0.2, 0.25) is 0 Å². The van der Waals surface area contributed by atoms with Crippen LogP contribution in [0.3, 0.4) is 0 Å². The van der Waals surface area contributed by atoms with Gasteiger partial charge in [-0.15, -0.1) is 0 Å². The van der Waals surface area contributed by atoms with Gasteiger partial charge >= 0.3 is 0 Å². The number of hydrogen-bond acceptors (Lipinski definition) is 4. The first-order valence-corrected chi connectivity index (χ1v) is 7.64. The van der Waals surface area contributed by atoms with Gasteiger partial charge in [-0.05, 0) is 46.1 Å². The SMILES string of the molecule is COc1ccc(CCC(=O)Nc2ncc(F)cc2Br)cc1OC. The van der Waals surface area contributed by atoms with Gasteiger partial charge in [0.1, 0.15) is 11.6 Å². The Balaban J connectivity index is 1.96. The van der Waals surface area contributed by atoms with Gasteiger partial charge < -0.3 is 14.8 Å². The molecule has 0 spiro atoms. The van der Waals surface area contributed by atoms with Gasteiger partial charge in [0.2, 0.25) is 5.91 Å². The van der Waals surface area contributed by atoms with Crippen molar-refractivity contribution in [3.8, 4) is 11.5 Å². The Kier molecular flexibility index (Phi) is 5.92. The van der Waals surface area contributed by atoms with Crippen LogP contribution in [0.1, 0.15) is 12.0 Å². The maximum absolute atomic E-state index is 13.0. The van der Waals surface area contributed by atoms with Crippen molar-refractivity contribution in [2.24, 2.45) is 0 Å². The molecule has 0 radical (unpaired) electrons. The van der Waals surface area contributed by atoms with E-state index in [4.69, 9.17) is 9.47 Å². The second-order valence-corrected chi connectivity index (χ2v) is 5.58. The summed E-state index contributed by atoms with van der Waals surface area (Å²) in [5, 5.41) is 2.64. The van der Waals surface area contributed by atoms with Crippen molar-refractivity contribution in [2.75, 3.05) is 19.5 Å². The van der Waals surface area contributed by atoms with E-state index in [-0.39, 0.29) is 12.3 Å². The summed E-state index contributed by atoms with van der Waals surface area (Å²) >= 11 is 3.16. The smallest absolute Gasteiger partial charge is 0.225 e. The molecule has 1 heterocycles. The number of amides is 1. The van der Waals surface area contributed by atoms with Gasteiger partial charge in [0, 0.05) is 6.42 Å². The Bertz CT molecular complexity index is 710. The van der Waals surface area contributed by atoms with Crippen molar-refractivity contribution >= 4 is 27.7 Å². The molecular weight excluding hydrogens is 367 g/mol. The van der Waals surface area contributed by atoms with Gasteiger partial charge in [0.25, 0.3) is 0 Å². The summed E-state index contributed by atoms with van der Waals surface area (Å²) in [6.45, 7) is 0. The lowest BCUT2D eigenvalue weighted by Gasteiger charge is -2.10. The predicted octanol–water partition coefficient (Wildman–Crippen LogP) is 3.57. The summed E-state index contributed by atoms with van der Waals surface area (Å²) in [5.74, 6) is 0.872. The minimum Gasteiger partial charge on any atom is -0.493 e. The molecule has 5 nitrogen and oxygen atoms in total. The third kappa shape index (κ3) is 4.66. The summed E-state index contributed by atoms with van der Waals surface area (Å²) in [5.41, 5.74) is 0.948. The largest absolute Gasteiger partial charge is 0.493 e. The Morgan fingerprint density at radius 3 is 2.65 bits per heavy atom. The normalized spacial score (nSPS) is 10.3. The first-order valence-electron chi connectivity index (χ1n) is 6.85. The Labute approximate surface area is 142 Å². The number of benzene rings is 1. The number of ether oxygens (including phenoxy) is 2. The molecule has 0 bridgehead atoms. The van der Waals surface area contributed by atoms with Crippen molar-refractivity contribution in [3.63, 3.8) is 0 Å². The lowest BCUT2D eigenvalue weighted by atomic mass is 10.1. The second-order valence-electron chi connectivity index (χ2n) is 4.72. The fourth-order valence-corrected chi connectivity index (χ4v) is 2.42. The number of carbonyl (C=O) groups excluding carboxylic acids is 1. The lowest BCUT2D eigenvalue weighted by molar-refractivity contribution is -0.116. The molecule has 0 fully saturated rings. The van der Waals surface area contributed by atoms with Crippen LogP contribution in [0.15, 0.2) is 34.9 Å². The maximum Gasteiger partial charge on any atom is 0.225 e. The first kappa shape index (κ1) is 17.2. The summed E-state index contributed by atoms with van der Waals surface area (Å²) < 4.78 is 23.8. The van der Waals surface area contributed by atoms with Crippen molar-refractivity contribution in [3.05, 3.63) is 46.3 Å². The molecule has 23 heavy (non-hydrogen) atoms. The van der Waals surface area contributed by atoms with Crippen LogP contribution in [-0.2, 0) is 11.2 Å². The fourth-order valence-electron chi connectivity index (χ4n) is 2.00.